The Labute approximate surface area is 123 Å². The Morgan fingerprint density at radius 1 is 1.19 bits per heavy atom. The molecule has 0 aromatic rings. The number of carbonyl (C=O) groups excluding carboxylic acids is 2. The molecular weight excluding hydrogens is 278 g/mol. The number of likely N-dealkylation sites (tertiary alicyclic amines) is 1. The van der Waals surface area contributed by atoms with Crippen molar-refractivity contribution >= 4 is 17.9 Å². The van der Waals surface area contributed by atoms with Crippen LogP contribution in [0.1, 0.15) is 12.8 Å². The fourth-order valence-electron chi connectivity index (χ4n) is 2.52. The highest BCUT2D eigenvalue weighted by Crippen LogP contribution is 2.16. The number of carbonyl (C=O) groups is 3. The fraction of sp³-hybridized carbons (Fsp3) is 0.769. The molecule has 0 saturated carbocycles. The molecule has 8 heteroatoms. The third kappa shape index (κ3) is 4.07. The minimum atomic E-state index is -0.982. The molecule has 0 aromatic carbocycles. The zero-order valence-electron chi connectivity index (χ0n) is 12.2. The molecule has 0 spiro atoms. The van der Waals surface area contributed by atoms with Crippen LogP contribution in [0, 0.1) is 0 Å². The summed E-state index contributed by atoms with van der Waals surface area (Å²) in [5.41, 5.74) is 0. The van der Waals surface area contributed by atoms with Crippen LogP contribution in [-0.2, 0) is 14.3 Å². The SMILES string of the molecule is CN1CCN(C(=O)N2CCC(OCC(=O)O)CC2)CC1=O. The van der Waals surface area contributed by atoms with Gasteiger partial charge in [-0.1, -0.05) is 0 Å². The number of hydrogen-bond donors (Lipinski definition) is 1. The van der Waals surface area contributed by atoms with Crippen molar-refractivity contribution < 1.29 is 24.2 Å². The van der Waals surface area contributed by atoms with E-state index in [2.05, 4.69) is 0 Å². The molecule has 0 atom stereocenters. The van der Waals surface area contributed by atoms with Crippen LogP contribution in [0.5, 0.6) is 0 Å². The third-order valence-corrected chi connectivity index (χ3v) is 3.88. The second kappa shape index (κ2) is 6.75. The molecule has 0 aliphatic carbocycles. The highest BCUT2D eigenvalue weighted by Gasteiger charge is 2.30. The minimum Gasteiger partial charge on any atom is -0.480 e. The summed E-state index contributed by atoms with van der Waals surface area (Å²) in [6, 6.07) is -0.117. The molecule has 3 amide bonds. The van der Waals surface area contributed by atoms with Crippen LogP contribution < -0.4 is 0 Å². The van der Waals surface area contributed by atoms with Gasteiger partial charge >= 0.3 is 12.0 Å². The molecule has 0 bridgehead atoms. The van der Waals surface area contributed by atoms with Gasteiger partial charge in [0.15, 0.2) is 0 Å². The Hall–Kier alpha value is -1.83. The Morgan fingerprint density at radius 3 is 2.43 bits per heavy atom. The van der Waals surface area contributed by atoms with Gasteiger partial charge in [0.25, 0.3) is 0 Å². The van der Waals surface area contributed by atoms with Gasteiger partial charge in [0.2, 0.25) is 5.91 Å². The van der Waals surface area contributed by atoms with Gasteiger partial charge in [0.05, 0.1) is 6.10 Å². The number of piperazine rings is 1. The van der Waals surface area contributed by atoms with Gasteiger partial charge in [-0.3, -0.25) is 4.79 Å². The highest BCUT2D eigenvalue weighted by atomic mass is 16.5. The largest absolute Gasteiger partial charge is 0.480 e. The van der Waals surface area contributed by atoms with Crippen molar-refractivity contribution in [2.24, 2.45) is 0 Å². The Balaban J connectivity index is 1.78. The summed E-state index contributed by atoms with van der Waals surface area (Å²) in [7, 11) is 1.73. The molecule has 2 fully saturated rings. The number of aliphatic carboxylic acids is 1. The van der Waals surface area contributed by atoms with Crippen molar-refractivity contribution in [2.75, 3.05) is 46.4 Å². The average molecular weight is 299 g/mol. The zero-order chi connectivity index (χ0) is 15.4. The number of piperidine rings is 1. The lowest BCUT2D eigenvalue weighted by molar-refractivity contribution is -0.145. The first-order valence-corrected chi connectivity index (χ1v) is 7.08. The smallest absolute Gasteiger partial charge is 0.329 e. The number of urea groups is 1. The van der Waals surface area contributed by atoms with Gasteiger partial charge in [-0.2, -0.15) is 0 Å². The third-order valence-electron chi connectivity index (χ3n) is 3.88. The van der Waals surface area contributed by atoms with Gasteiger partial charge in [0, 0.05) is 33.2 Å². The maximum absolute atomic E-state index is 12.3. The summed E-state index contributed by atoms with van der Waals surface area (Å²) in [6.07, 6.45) is 1.14. The van der Waals surface area contributed by atoms with Gasteiger partial charge in [-0.15, -0.1) is 0 Å². The first-order valence-electron chi connectivity index (χ1n) is 7.08. The number of nitrogens with zero attached hydrogens (tertiary/aromatic N) is 3. The molecule has 118 valence electrons. The van der Waals surface area contributed by atoms with E-state index in [1.165, 1.54) is 0 Å². The maximum Gasteiger partial charge on any atom is 0.329 e. The van der Waals surface area contributed by atoms with Crippen LogP contribution in [0.2, 0.25) is 0 Å². The van der Waals surface area contributed by atoms with Crippen molar-refractivity contribution in [3.63, 3.8) is 0 Å². The Morgan fingerprint density at radius 2 is 1.86 bits per heavy atom. The van der Waals surface area contributed by atoms with E-state index in [9.17, 15) is 14.4 Å². The average Bonchev–Trinajstić information content (AvgIpc) is 2.48. The maximum atomic E-state index is 12.3. The van der Waals surface area contributed by atoms with Crippen molar-refractivity contribution in [1.29, 1.82) is 0 Å². The highest BCUT2D eigenvalue weighted by molar-refractivity contribution is 5.85. The van der Waals surface area contributed by atoms with Crippen LogP contribution in [0.15, 0.2) is 0 Å². The molecule has 8 nitrogen and oxygen atoms in total. The lowest BCUT2D eigenvalue weighted by atomic mass is 10.1. The van der Waals surface area contributed by atoms with Gasteiger partial charge in [-0.05, 0) is 12.8 Å². The van der Waals surface area contributed by atoms with Gasteiger partial charge < -0.3 is 24.5 Å². The number of rotatable bonds is 3. The van der Waals surface area contributed by atoms with Crippen molar-refractivity contribution in [3.8, 4) is 0 Å². The van der Waals surface area contributed by atoms with E-state index in [0.29, 0.717) is 39.0 Å². The second-order valence-electron chi connectivity index (χ2n) is 5.41. The van der Waals surface area contributed by atoms with Crippen LogP contribution in [0.3, 0.4) is 0 Å². The first kappa shape index (κ1) is 15.6. The molecular formula is C13H21N3O5. The van der Waals surface area contributed by atoms with Gasteiger partial charge in [-0.25, -0.2) is 9.59 Å². The van der Waals surface area contributed by atoms with E-state index in [1.54, 1.807) is 21.7 Å². The predicted octanol–water partition coefficient (Wildman–Crippen LogP) is -0.554. The summed E-state index contributed by atoms with van der Waals surface area (Å²) < 4.78 is 5.24. The van der Waals surface area contributed by atoms with Crippen molar-refractivity contribution in [1.82, 2.24) is 14.7 Å². The molecule has 2 aliphatic heterocycles. The molecule has 0 aromatic heterocycles. The zero-order valence-corrected chi connectivity index (χ0v) is 12.2. The standard InChI is InChI=1S/C13H21N3O5/c1-14-6-7-16(8-11(14)17)13(20)15-4-2-10(3-5-15)21-9-12(18)19/h10H,2-9H2,1H3,(H,18,19). The van der Waals surface area contributed by atoms with E-state index < -0.39 is 5.97 Å². The molecule has 2 aliphatic rings. The van der Waals surface area contributed by atoms with E-state index >= 15 is 0 Å². The first-order chi connectivity index (χ1) is 9.97. The quantitative estimate of drug-likeness (QED) is 0.755. The number of likely N-dealkylation sites (N-methyl/N-ethyl adjacent to an activating group) is 1. The molecule has 21 heavy (non-hydrogen) atoms. The fourth-order valence-corrected chi connectivity index (χ4v) is 2.52. The lowest BCUT2D eigenvalue weighted by Gasteiger charge is -2.38. The van der Waals surface area contributed by atoms with Crippen molar-refractivity contribution in [2.45, 2.75) is 18.9 Å². The van der Waals surface area contributed by atoms with E-state index in [4.69, 9.17) is 9.84 Å². The molecule has 2 rings (SSSR count). The summed E-state index contributed by atoms with van der Waals surface area (Å²) in [4.78, 5) is 39.3. The number of amides is 3. The summed E-state index contributed by atoms with van der Waals surface area (Å²) >= 11 is 0. The van der Waals surface area contributed by atoms with Crippen LogP contribution in [0.25, 0.3) is 0 Å². The van der Waals surface area contributed by atoms with Crippen LogP contribution >= 0.6 is 0 Å². The van der Waals surface area contributed by atoms with Crippen LogP contribution in [0.4, 0.5) is 4.79 Å². The summed E-state index contributed by atoms with van der Waals surface area (Å²) in [6.45, 7) is 2.00. The second-order valence-corrected chi connectivity index (χ2v) is 5.41. The number of carboxylic acid groups (broad SMARTS) is 1. The van der Waals surface area contributed by atoms with Crippen molar-refractivity contribution in [3.05, 3.63) is 0 Å². The van der Waals surface area contributed by atoms with Gasteiger partial charge in [0.1, 0.15) is 13.2 Å². The normalized spacial score (nSPS) is 20.8. The number of hydrogen-bond acceptors (Lipinski definition) is 4. The Kier molecular flexibility index (Phi) is 5.00. The molecule has 0 radical (unpaired) electrons. The Bertz CT molecular complexity index is 420. The van der Waals surface area contributed by atoms with E-state index in [1.807, 2.05) is 0 Å². The molecule has 2 heterocycles. The topological polar surface area (TPSA) is 90.4 Å². The lowest BCUT2D eigenvalue weighted by Crippen LogP contribution is -2.55. The molecule has 2 saturated heterocycles. The molecule has 0 unspecified atom stereocenters. The van der Waals surface area contributed by atoms with E-state index in [-0.39, 0.29) is 31.2 Å². The monoisotopic (exact) mass is 299 g/mol. The number of ether oxygens (including phenoxy) is 1. The minimum absolute atomic E-state index is 0.0470. The number of carboxylic acids is 1. The van der Waals surface area contributed by atoms with Crippen LogP contribution in [-0.4, -0.2) is 90.2 Å². The predicted molar refractivity (Wildman–Crippen MR) is 72.8 cm³/mol. The summed E-state index contributed by atoms with van der Waals surface area (Å²) in [5.74, 6) is -1.03. The molecule has 1 N–H and O–H groups in total. The summed E-state index contributed by atoms with van der Waals surface area (Å²) in [5, 5.41) is 8.57. The van der Waals surface area contributed by atoms with E-state index in [0.717, 1.165) is 0 Å².